The van der Waals surface area contributed by atoms with Gasteiger partial charge < -0.3 is 14.9 Å². The van der Waals surface area contributed by atoms with Crippen LogP contribution in [0.2, 0.25) is 0 Å². The molecule has 0 heterocycles. The summed E-state index contributed by atoms with van der Waals surface area (Å²) in [6.07, 6.45) is -1.75. The quantitative estimate of drug-likeness (QED) is 0.617. The number of aliphatic hydroxyl groups is 1. The first-order valence-electron chi connectivity index (χ1n) is 5.75. The average molecular weight is 287 g/mol. The van der Waals surface area contributed by atoms with Crippen molar-refractivity contribution in [2.45, 2.75) is 25.3 Å². The molecular weight excluding hydrogens is 272 g/mol. The van der Waals surface area contributed by atoms with E-state index in [4.69, 9.17) is 21.4 Å². The van der Waals surface area contributed by atoms with E-state index in [1.807, 2.05) is 0 Å². The zero-order valence-electron chi connectivity index (χ0n) is 10.6. The monoisotopic (exact) mass is 286 g/mol. The van der Waals surface area contributed by atoms with Gasteiger partial charge in [-0.25, -0.2) is 4.79 Å². The van der Waals surface area contributed by atoms with E-state index in [2.05, 4.69) is 0 Å². The van der Waals surface area contributed by atoms with Crippen LogP contribution in [-0.4, -0.2) is 33.9 Å². The van der Waals surface area contributed by atoms with Crippen molar-refractivity contribution in [1.82, 2.24) is 0 Å². The number of Topliss-reactive ketones (excluding diaryl/α,β-unsaturated/α-hetero) is 1. The summed E-state index contributed by atoms with van der Waals surface area (Å²) in [6.45, 7) is 3.45. The van der Waals surface area contributed by atoms with E-state index in [1.165, 1.54) is 25.1 Å². The van der Waals surface area contributed by atoms with Crippen LogP contribution in [-0.2, 0) is 4.79 Å². The summed E-state index contributed by atoms with van der Waals surface area (Å²) in [5.74, 6) is -1.73. The number of carboxylic acids is 1. The number of halogens is 1. The van der Waals surface area contributed by atoms with Gasteiger partial charge in [0.2, 0.25) is 0 Å². The molecule has 2 N–H and O–H groups in total. The molecule has 2 atom stereocenters. The predicted octanol–water partition coefficient (Wildman–Crippen LogP) is 2.01. The minimum atomic E-state index is -1.75. The summed E-state index contributed by atoms with van der Waals surface area (Å²) in [5, 5.41) is 17.7. The van der Waals surface area contributed by atoms with Crippen LogP contribution in [0.3, 0.4) is 0 Å². The minimum Gasteiger partial charge on any atom is -0.493 e. The predicted molar refractivity (Wildman–Crippen MR) is 69.9 cm³/mol. The van der Waals surface area contributed by atoms with E-state index in [0.29, 0.717) is 0 Å². The lowest BCUT2D eigenvalue weighted by Gasteiger charge is -2.16. The Labute approximate surface area is 115 Å². The molecule has 0 bridgehead atoms. The molecule has 2 unspecified atom stereocenters. The Morgan fingerprint density at radius 1 is 1.42 bits per heavy atom. The van der Waals surface area contributed by atoms with E-state index in [1.54, 1.807) is 6.92 Å². The second kappa shape index (κ2) is 6.54. The number of alkyl halides is 1. The molecule has 1 rings (SSSR count). The standard InChI is InChI=1S/C13H15ClO5/c1-3-19-12-8(10(15)7(2)14)5-4-6-9(12)11(16)13(17)18/h4-7,11,16H,3H2,1-2H3,(H,17,18). The van der Waals surface area contributed by atoms with Gasteiger partial charge in [-0.05, 0) is 19.9 Å². The van der Waals surface area contributed by atoms with Gasteiger partial charge in [-0.1, -0.05) is 12.1 Å². The second-order valence-electron chi connectivity index (χ2n) is 3.88. The van der Waals surface area contributed by atoms with Crippen molar-refractivity contribution >= 4 is 23.4 Å². The van der Waals surface area contributed by atoms with Crippen LogP contribution >= 0.6 is 11.6 Å². The fraction of sp³-hybridized carbons (Fsp3) is 0.385. The third kappa shape index (κ3) is 3.45. The third-order valence-corrected chi connectivity index (χ3v) is 2.69. The molecule has 19 heavy (non-hydrogen) atoms. The van der Waals surface area contributed by atoms with Gasteiger partial charge in [-0.2, -0.15) is 0 Å². The smallest absolute Gasteiger partial charge is 0.337 e. The largest absolute Gasteiger partial charge is 0.493 e. The number of benzene rings is 1. The number of carbonyl (C=O) groups is 2. The highest BCUT2D eigenvalue weighted by molar-refractivity contribution is 6.34. The molecule has 0 amide bonds. The number of hydrogen-bond acceptors (Lipinski definition) is 4. The molecule has 1 aromatic rings. The van der Waals surface area contributed by atoms with Gasteiger partial charge in [0.1, 0.15) is 5.75 Å². The van der Waals surface area contributed by atoms with E-state index >= 15 is 0 Å². The molecule has 0 aromatic heterocycles. The molecule has 0 radical (unpaired) electrons. The van der Waals surface area contributed by atoms with Gasteiger partial charge in [0.25, 0.3) is 0 Å². The number of ether oxygens (including phenoxy) is 1. The lowest BCUT2D eigenvalue weighted by Crippen LogP contribution is -2.17. The van der Waals surface area contributed by atoms with Crippen molar-refractivity contribution in [3.05, 3.63) is 29.3 Å². The molecule has 0 fully saturated rings. The Morgan fingerprint density at radius 2 is 2.05 bits per heavy atom. The van der Waals surface area contributed by atoms with Crippen molar-refractivity contribution in [3.63, 3.8) is 0 Å². The van der Waals surface area contributed by atoms with Gasteiger partial charge in [0.15, 0.2) is 11.9 Å². The van der Waals surface area contributed by atoms with E-state index < -0.39 is 17.5 Å². The number of para-hydroxylation sites is 1. The summed E-state index contributed by atoms with van der Waals surface area (Å²) in [7, 11) is 0. The zero-order chi connectivity index (χ0) is 14.6. The first-order chi connectivity index (χ1) is 8.90. The zero-order valence-corrected chi connectivity index (χ0v) is 11.3. The Hall–Kier alpha value is -1.59. The Morgan fingerprint density at radius 3 is 2.53 bits per heavy atom. The maximum atomic E-state index is 11.9. The summed E-state index contributed by atoms with van der Waals surface area (Å²) >= 11 is 5.75. The van der Waals surface area contributed by atoms with Crippen molar-refractivity contribution in [3.8, 4) is 5.75 Å². The molecule has 104 valence electrons. The van der Waals surface area contributed by atoms with E-state index in [9.17, 15) is 14.7 Å². The average Bonchev–Trinajstić information content (AvgIpc) is 2.37. The third-order valence-electron chi connectivity index (χ3n) is 2.49. The van der Waals surface area contributed by atoms with Gasteiger partial charge >= 0.3 is 5.97 Å². The Bertz CT molecular complexity index is 484. The number of aliphatic hydroxyl groups excluding tert-OH is 1. The minimum absolute atomic E-state index is 0.0394. The molecule has 0 aliphatic rings. The van der Waals surface area contributed by atoms with E-state index in [-0.39, 0.29) is 29.3 Å². The maximum Gasteiger partial charge on any atom is 0.337 e. The van der Waals surface area contributed by atoms with Crippen LogP contribution in [0.4, 0.5) is 0 Å². The van der Waals surface area contributed by atoms with Crippen LogP contribution in [0.1, 0.15) is 35.9 Å². The van der Waals surface area contributed by atoms with Crippen molar-refractivity contribution in [2.75, 3.05) is 6.61 Å². The van der Waals surface area contributed by atoms with Crippen LogP contribution in [0, 0.1) is 0 Å². The van der Waals surface area contributed by atoms with Crippen molar-refractivity contribution in [2.24, 2.45) is 0 Å². The van der Waals surface area contributed by atoms with Gasteiger partial charge in [0, 0.05) is 5.56 Å². The summed E-state index contributed by atoms with van der Waals surface area (Å²) < 4.78 is 5.31. The van der Waals surface area contributed by atoms with Gasteiger partial charge in [-0.15, -0.1) is 11.6 Å². The van der Waals surface area contributed by atoms with Gasteiger partial charge in [-0.3, -0.25) is 4.79 Å². The molecule has 1 aromatic carbocycles. The van der Waals surface area contributed by atoms with Gasteiger partial charge in [0.05, 0.1) is 17.5 Å². The molecule has 0 saturated heterocycles. The fourth-order valence-corrected chi connectivity index (χ4v) is 1.73. The number of hydrogen-bond donors (Lipinski definition) is 2. The number of ketones is 1. The highest BCUT2D eigenvalue weighted by Gasteiger charge is 2.26. The first kappa shape index (κ1) is 15.5. The highest BCUT2D eigenvalue weighted by atomic mass is 35.5. The van der Waals surface area contributed by atoms with Crippen molar-refractivity contribution in [1.29, 1.82) is 0 Å². The topological polar surface area (TPSA) is 83.8 Å². The maximum absolute atomic E-state index is 11.9. The Balaban J connectivity index is 3.37. The normalized spacial score (nSPS) is 13.7. The second-order valence-corrected chi connectivity index (χ2v) is 4.53. The number of aliphatic carboxylic acids is 1. The fourth-order valence-electron chi connectivity index (χ4n) is 1.62. The SMILES string of the molecule is CCOc1c(C(=O)C(C)Cl)cccc1C(O)C(=O)O. The molecule has 0 aliphatic heterocycles. The molecule has 0 saturated carbocycles. The molecule has 6 heteroatoms. The summed E-state index contributed by atoms with van der Waals surface area (Å²) in [4.78, 5) is 22.8. The summed E-state index contributed by atoms with van der Waals surface area (Å²) in [5.41, 5.74) is 0.208. The molecule has 0 spiro atoms. The Kier molecular flexibility index (Phi) is 5.32. The van der Waals surface area contributed by atoms with Crippen LogP contribution in [0.5, 0.6) is 5.75 Å². The first-order valence-corrected chi connectivity index (χ1v) is 6.18. The lowest BCUT2D eigenvalue weighted by atomic mass is 10.00. The molecular formula is C13H15ClO5. The van der Waals surface area contributed by atoms with Crippen molar-refractivity contribution < 1.29 is 24.5 Å². The summed E-state index contributed by atoms with van der Waals surface area (Å²) in [6, 6.07) is 4.38. The van der Waals surface area contributed by atoms with Crippen LogP contribution in [0.15, 0.2) is 18.2 Å². The molecule has 0 aliphatic carbocycles. The van der Waals surface area contributed by atoms with E-state index in [0.717, 1.165) is 0 Å². The highest BCUT2D eigenvalue weighted by Crippen LogP contribution is 2.31. The molecule has 5 nitrogen and oxygen atoms in total. The number of carboxylic acid groups (broad SMARTS) is 1. The number of rotatable bonds is 6. The number of carbonyl (C=O) groups excluding carboxylic acids is 1. The van der Waals surface area contributed by atoms with Crippen LogP contribution < -0.4 is 4.74 Å². The van der Waals surface area contributed by atoms with Crippen LogP contribution in [0.25, 0.3) is 0 Å². The lowest BCUT2D eigenvalue weighted by molar-refractivity contribution is -0.147.